The van der Waals surface area contributed by atoms with E-state index in [0.717, 1.165) is 38.4 Å². The second kappa shape index (κ2) is 6.36. The molecule has 5 aromatic rings. The summed E-state index contributed by atoms with van der Waals surface area (Å²) in [5.41, 5.74) is 7.61. The van der Waals surface area contributed by atoms with Crippen molar-refractivity contribution in [3.05, 3.63) is 95.5 Å². The lowest BCUT2D eigenvalue weighted by Crippen LogP contribution is -1.97. The van der Waals surface area contributed by atoms with E-state index in [9.17, 15) is 0 Å². The SMILES string of the molecule is Brc1ccc2c3c(cccc13)-c1c(-c3ccccc3)nc(-c3ccccc3)nc1-2. The van der Waals surface area contributed by atoms with Crippen LogP contribution in [0, 0.1) is 0 Å². The van der Waals surface area contributed by atoms with Gasteiger partial charge < -0.3 is 0 Å². The zero-order chi connectivity index (χ0) is 19.4. The Labute approximate surface area is 177 Å². The van der Waals surface area contributed by atoms with Crippen molar-refractivity contribution in [3.8, 4) is 45.0 Å². The van der Waals surface area contributed by atoms with E-state index in [1.807, 2.05) is 24.3 Å². The van der Waals surface area contributed by atoms with Gasteiger partial charge in [-0.05, 0) is 17.0 Å². The molecule has 1 aliphatic carbocycles. The van der Waals surface area contributed by atoms with Gasteiger partial charge in [-0.1, -0.05) is 101 Å². The molecule has 6 rings (SSSR count). The lowest BCUT2D eigenvalue weighted by Gasteiger charge is -2.12. The van der Waals surface area contributed by atoms with E-state index in [1.165, 1.54) is 21.9 Å². The van der Waals surface area contributed by atoms with Crippen LogP contribution < -0.4 is 0 Å². The maximum absolute atomic E-state index is 5.05. The van der Waals surface area contributed by atoms with Crippen molar-refractivity contribution in [2.45, 2.75) is 0 Å². The lowest BCUT2D eigenvalue weighted by molar-refractivity contribution is 1.19. The summed E-state index contributed by atoms with van der Waals surface area (Å²) < 4.78 is 1.10. The second-order valence-electron chi connectivity index (χ2n) is 7.17. The Morgan fingerprint density at radius 3 is 2.00 bits per heavy atom. The van der Waals surface area contributed by atoms with Crippen LogP contribution in [-0.2, 0) is 0 Å². The normalized spacial score (nSPS) is 11.6. The molecule has 1 aromatic heterocycles. The number of halogens is 1. The molecule has 0 atom stereocenters. The number of hydrogen-bond acceptors (Lipinski definition) is 2. The van der Waals surface area contributed by atoms with Crippen LogP contribution in [0.2, 0.25) is 0 Å². The molecule has 2 nitrogen and oxygen atoms in total. The van der Waals surface area contributed by atoms with E-state index in [2.05, 4.69) is 82.7 Å². The highest BCUT2D eigenvalue weighted by atomic mass is 79.9. The molecule has 0 N–H and O–H groups in total. The molecule has 0 saturated carbocycles. The Morgan fingerprint density at radius 2 is 1.24 bits per heavy atom. The number of hydrogen-bond donors (Lipinski definition) is 0. The van der Waals surface area contributed by atoms with Crippen molar-refractivity contribution in [2.24, 2.45) is 0 Å². The van der Waals surface area contributed by atoms with E-state index in [-0.39, 0.29) is 0 Å². The molecule has 1 aliphatic rings. The predicted octanol–water partition coefficient (Wildman–Crippen LogP) is 7.37. The first-order chi connectivity index (χ1) is 14.3. The number of rotatable bonds is 2. The quantitative estimate of drug-likeness (QED) is 0.284. The van der Waals surface area contributed by atoms with Gasteiger partial charge in [-0.3, -0.25) is 0 Å². The molecule has 0 amide bonds. The van der Waals surface area contributed by atoms with Gasteiger partial charge in [-0.15, -0.1) is 0 Å². The summed E-state index contributed by atoms with van der Waals surface area (Å²) in [4.78, 5) is 10.1. The third-order valence-corrected chi connectivity index (χ3v) is 6.19. The van der Waals surface area contributed by atoms with Gasteiger partial charge in [0.05, 0.1) is 11.4 Å². The molecule has 0 aliphatic heterocycles. The largest absolute Gasteiger partial charge is 0.227 e. The van der Waals surface area contributed by atoms with Crippen LogP contribution in [0.4, 0.5) is 0 Å². The molecule has 0 spiro atoms. The van der Waals surface area contributed by atoms with Gasteiger partial charge in [-0.2, -0.15) is 0 Å². The Morgan fingerprint density at radius 1 is 0.552 bits per heavy atom. The Bertz CT molecular complexity index is 1390. The minimum atomic E-state index is 0.757. The number of nitrogens with zero attached hydrogens (tertiary/aromatic N) is 2. The molecule has 136 valence electrons. The third-order valence-electron chi connectivity index (χ3n) is 5.50. The van der Waals surface area contributed by atoms with Crippen LogP contribution in [0.25, 0.3) is 55.8 Å². The summed E-state index contributed by atoms with van der Waals surface area (Å²) in [6.45, 7) is 0. The monoisotopic (exact) mass is 434 g/mol. The highest BCUT2D eigenvalue weighted by Crippen LogP contribution is 2.51. The van der Waals surface area contributed by atoms with Crippen LogP contribution in [0.15, 0.2) is 95.5 Å². The first-order valence-corrected chi connectivity index (χ1v) is 10.4. The smallest absolute Gasteiger partial charge is 0.160 e. The molecule has 0 fully saturated rings. The van der Waals surface area contributed by atoms with Crippen molar-refractivity contribution in [1.29, 1.82) is 0 Å². The van der Waals surface area contributed by atoms with Crippen molar-refractivity contribution < 1.29 is 0 Å². The number of fused-ring (bicyclic) bond motifs is 3. The second-order valence-corrected chi connectivity index (χ2v) is 8.03. The summed E-state index contributed by atoms with van der Waals surface area (Å²) in [6.07, 6.45) is 0. The third kappa shape index (κ3) is 2.48. The molecule has 3 heteroatoms. The van der Waals surface area contributed by atoms with Crippen LogP contribution in [-0.4, -0.2) is 9.97 Å². The summed E-state index contributed by atoms with van der Waals surface area (Å²) in [6, 6.07) is 31.3. The van der Waals surface area contributed by atoms with E-state index in [0.29, 0.717) is 0 Å². The predicted molar refractivity (Wildman–Crippen MR) is 123 cm³/mol. The van der Waals surface area contributed by atoms with Crippen LogP contribution in [0.5, 0.6) is 0 Å². The van der Waals surface area contributed by atoms with Gasteiger partial charge in [0.1, 0.15) is 0 Å². The van der Waals surface area contributed by atoms with E-state index in [4.69, 9.17) is 9.97 Å². The maximum Gasteiger partial charge on any atom is 0.160 e. The van der Waals surface area contributed by atoms with Crippen molar-refractivity contribution in [1.82, 2.24) is 9.97 Å². The van der Waals surface area contributed by atoms with Crippen molar-refractivity contribution in [3.63, 3.8) is 0 Å². The average molecular weight is 435 g/mol. The molecule has 0 unspecified atom stereocenters. The first-order valence-electron chi connectivity index (χ1n) is 9.56. The van der Waals surface area contributed by atoms with Gasteiger partial charge in [0.2, 0.25) is 0 Å². The fourth-order valence-electron chi connectivity index (χ4n) is 4.21. The molecule has 0 bridgehead atoms. The summed E-state index contributed by atoms with van der Waals surface area (Å²) >= 11 is 3.72. The van der Waals surface area contributed by atoms with Crippen LogP contribution >= 0.6 is 15.9 Å². The van der Waals surface area contributed by atoms with Gasteiger partial charge in [0.25, 0.3) is 0 Å². The summed E-state index contributed by atoms with van der Waals surface area (Å²) in [7, 11) is 0. The van der Waals surface area contributed by atoms with Gasteiger partial charge in [-0.25, -0.2) is 9.97 Å². The molecular formula is C26H15BrN2. The molecule has 0 radical (unpaired) electrons. The fourth-order valence-corrected chi connectivity index (χ4v) is 4.67. The average Bonchev–Trinajstić information content (AvgIpc) is 3.12. The summed E-state index contributed by atoms with van der Waals surface area (Å²) in [5.74, 6) is 0.757. The highest BCUT2D eigenvalue weighted by molar-refractivity contribution is 9.10. The highest BCUT2D eigenvalue weighted by Gasteiger charge is 2.28. The zero-order valence-corrected chi connectivity index (χ0v) is 17.0. The van der Waals surface area contributed by atoms with Gasteiger partial charge in [0, 0.05) is 32.1 Å². The van der Waals surface area contributed by atoms with Crippen LogP contribution in [0.1, 0.15) is 0 Å². The van der Waals surface area contributed by atoms with Crippen LogP contribution in [0.3, 0.4) is 0 Å². The Hall–Kier alpha value is -3.30. The molecular weight excluding hydrogens is 420 g/mol. The van der Waals surface area contributed by atoms with E-state index < -0.39 is 0 Å². The number of benzene rings is 4. The molecule has 0 saturated heterocycles. The van der Waals surface area contributed by atoms with Gasteiger partial charge >= 0.3 is 0 Å². The van der Waals surface area contributed by atoms with E-state index >= 15 is 0 Å². The fraction of sp³-hybridized carbons (Fsp3) is 0. The summed E-state index contributed by atoms with van der Waals surface area (Å²) in [5, 5.41) is 2.45. The Balaban J connectivity index is 1.75. The zero-order valence-electron chi connectivity index (χ0n) is 15.4. The van der Waals surface area contributed by atoms with E-state index in [1.54, 1.807) is 0 Å². The van der Waals surface area contributed by atoms with Crippen molar-refractivity contribution >= 4 is 26.7 Å². The standard InChI is InChI=1S/C26H15BrN2/c27-21-15-14-20-22-18(21)12-7-13-19(22)23-24(16-8-3-1-4-9-16)28-26(29-25(20)23)17-10-5-2-6-11-17/h1-15H. The number of aromatic nitrogens is 2. The maximum atomic E-state index is 5.05. The first kappa shape index (κ1) is 16.6. The molecule has 4 aromatic carbocycles. The minimum Gasteiger partial charge on any atom is -0.227 e. The van der Waals surface area contributed by atoms with Gasteiger partial charge in [0.15, 0.2) is 5.82 Å². The lowest BCUT2D eigenvalue weighted by atomic mass is 9.99. The minimum absolute atomic E-state index is 0.757. The Kier molecular flexibility index (Phi) is 3.65. The molecule has 1 heterocycles. The topological polar surface area (TPSA) is 25.8 Å². The molecule has 29 heavy (non-hydrogen) atoms. The van der Waals surface area contributed by atoms with Crippen molar-refractivity contribution in [2.75, 3.05) is 0 Å².